The lowest BCUT2D eigenvalue weighted by Gasteiger charge is -2.00. The van der Waals surface area contributed by atoms with E-state index in [9.17, 15) is 0 Å². The highest BCUT2D eigenvalue weighted by Gasteiger charge is 1.97. The number of aliphatic imine (C=N–C) groups is 2. The minimum absolute atomic E-state index is 0.823. The Labute approximate surface area is 136 Å². The molecule has 1 heterocycles. The van der Waals surface area contributed by atoms with Crippen LogP contribution in [0, 0.1) is 6.92 Å². The van der Waals surface area contributed by atoms with Gasteiger partial charge in [0.1, 0.15) is 0 Å². The molecule has 0 unspecified atom stereocenters. The molecule has 0 aliphatic rings. The quantitative estimate of drug-likeness (QED) is 0.632. The summed E-state index contributed by atoms with van der Waals surface area (Å²) in [4.78, 5) is 13.5. The van der Waals surface area contributed by atoms with Gasteiger partial charge in [-0.3, -0.25) is 9.98 Å². The van der Waals surface area contributed by atoms with Crippen molar-refractivity contribution in [2.24, 2.45) is 9.98 Å². The lowest BCUT2D eigenvalue weighted by Crippen LogP contribution is -1.95. The first kappa shape index (κ1) is 14.9. The maximum atomic E-state index is 4.57. The fourth-order valence-corrected chi connectivity index (χ4v) is 2.16. The molecule has 0 N–H and O–H groups in total. The van der Waals surface area contributed by atoms with Crippen LogP contribution in [0.4, 0.5) is 11.4 Å². The van der Waals surface area contributed by atoms with E-state index >= 15 is 0 Å². The van der Waals surface area contributed by atoms with Crippen LogP contribution in [0.1, 0.15) is 17.0 Å². The molecular formula is C20H17N3. The molecule has 0 bridgehead atoms. The zero-order valence-corrected chi connectivity index (χ0v) is 12.9. The first-order valence-corrected chi connectivity index (χ1v) is 7.46. The molecule has 0 radical (unpaired) electrons. The minimum atomic E-state index is 0.823. The van der Waals surface area contributed by atoms with Gasteiger partial charge in [-0.1, -0.05) is 36.4 Å². The van der Waals surface area contributed by atoms with Crippen molar-refractivity contribution in [1.82, 2.24) is 4.98 Å². The second-order valence-corrected chi connectivity index (χ2v) is 5.18. The Hall–Kier alpha value is -3.07. The van der Waals surface area contributed by atoms with Crippen LogP contribution < -0.4 is 0 Å². The number of rotatable bonds is 4. The molecule has 3 heteroatoms. The normalized spacial score (nSPS) is 11.3. The maximum Gasteiger partial charge on any atom is 0.0823 e. The van der Waals surface area contributed by atoms with Crippen LogP contribution in [0.15, 0.2) is 82.8 Å². The van der Waals surface area contributed by atoms with Crippen LogP contribution in [0.25, 0.3) is 0 Å². The highest BCUT2D eigenvalue weighted by atomic mass is 14.8. The van der Waals surface area contributed by atoms with E-state index in [4.69, 9.17) is 0 Å². The topological polar surface area (TPSA) is 37.6 Å². The van der Waals surface area contributed by atoms with E-state index in [-0.39, 0.29) is 0 Å². The molecule has 0 spiro atoms. The Morgan fingerprint density at radius 3 is 1.57 bits per heavy atom. The van der Waals surface area contributed by atoms with E-state index in [1.807, 2.05) is 79.7 Å². The number of aromatic nitrogens is 1. The molecule has 0 fully saturated rings. The molecular weight excluding hydrogens is 282 g/mol. The smallest absolute Gasteiger partial charge is 0.0823 e. The van der Waals surface area contributed by atoms with Crippen LogP contribution >= 0.6 is 0 Å². The van der Waals surface area contributed by atoms with Crippen LogP contribution in [0.3, 0.4) is 0 Å². The van der Waals surface area contributed by atoms with Gasteiger partial charge >= 0.3 is 0 Å². The monoisotopic (exact) mass is 299 g/mol. The van der Waals surface area contributed by atoms with Gasteiger partial charge < -0.3 is 0 Å². The van der Waals surface area contributed by atoms with E-state index in [0.29, 0.717) is 0 Å². The summed E-state index contributed by atoms with van der Waals surface area (Å²) >= 11 is 0. The van der Waals surface area contributed by atoms with Crippen LogP contribution in [0.2, 0.25) is 0 Å². The van der Waals surface area contributed by atoms with E-state index in [2.05, 4.69) is 15.0 Å². The van der Waals surface area contributed by atoms with E-state index in [1.54, 1.807) is 12.4 Å². The zero-order chi connectivity index (χ0) is 15.9. The number of benzene rings is 2. The van der Waals surface area contributed by atoms with Crippen LogP contribution in [-0.2, 0) is 0 Å². The van der Waals surface area contributed by atoms with Crippen molar-refractivity contribution < 1.29 is 0 Å². The Kier molecular flexibility index (Phi) is 4.69. The van der Waals surface area contributed by atoms with Crippen LogP contribution in [-0.4, -0.2) is 17.4 Å². The van der Waals surface area contributed by atoms with E-state index in [0.717, 1.165) is 28.3 Å². The Morgan fingerprint density at radius 2 is 1.13 bits per heavy atom. The molecule has 0 amide bonds. The third kappa shape index (κ3) is 4.45. The van der Waals surface area contributed by atoms with Crippen molar-refractivity contribution in [3.63, 3.8) is 0 Å². The third-order valence-electron chi connectivity index (χ3n) is 3.21. The average molecular weight is 299 g/mol. The highest BCUT2D eigenvalue weighted by molar-refractivity contribution is 5.84. The van der Waals surface area contributed by atoms with Gasteiger partial charge in [0.2, 0.25) is 0 Å². The predicted molar refractivity (Wildman–Crippen MR) is 96.4 cm³/mol. The summed E-state index contributed by atoms with van der Waals surface area (Å²) in [5.74, 6) is 0. The zero-order valence-electron chi connectivity index (χ0n) is 12.9. The van der Waals surface area contributed by atoms with Crippen molar-refractivity contribution in [3.8, 4) is 0 Å². The summed E-state index contributed by atoms with van der Waals surface area (Å²) in [7, 11) is 0. The molecule has 0 saturated carbocycles. The second-order valence-electron chi connectivity index (χ2n) is 5.18. The minimum Gasteiger partial charge on any atom is -0.255 e. The Bertz CT molecular complexity index is 754. The number of hydrogen-bond donors (Lipinski definition) is 0. The van der Waals surface area contributed by atoms with Crippen molar-refractivity contribution in [3.05, 3.63) is 89.7 Å². The number of para-hydroxylation sites is 2. The van der Waals surface area contributed by atoms with Gasteiger partial charge in [-0.05, 0) is 48.9 Å². The van der Waals surface area contributed by atoms with Gasteiger partial charge in [0.05, 0.1) is 35.2 Å². The van der Waals surface area contributed by atoms with Gasteiger partial charge in [-0.15, -0.1) is 0 Å². The molecule has 0 atom stereocenters. The molecule has 0 saturated heterocycles. The summed E-state index contributed by atoms with van der Waals surface area (Å²) in [5.41, 5.74) is 4.60. The molecule has 0 aliphatic heterocycles. The fourth-order valence-electron chi connectivity index (χ4n) is 2.16. The van der Waals surface area contributed by atoms with E-state index in [1.165, 1.54) is 0 Å². The largest absolute Gasteiger partial charge is 0.255 e. The number of nitrogens with zero attached hydrogens (tertiary/aromatic N) is 3. The van der Waals surface area contributed by atoms with Gasteiger partial charge in [0.15, 0.2) is 0 Å². The van der Waals surface area contributed by atoms with Crippen molar-refractivity contribution in [1.29, 1.82) is 0 Å². The summed E-state index contributed by atoms with van der Waals surface area (Å²) in [6, 6.07) is 23.7. The molecule has 0 aliphatic carbocycles. The standard InChI is InChI=1S/C20H17N3/c1-16-12-19(14-21-17-8-4-2-5-9-17)23-20(13-16)15-22-18-10-6-3-7-11-18/h2-15H,1H3. The van der Waals surface area contributed by atoms with Crippen molar-refractivity contribution in [2.45, 2.75) is 6.92 Å². The Balaban J connectivity index is 1.82. The maximum absolute atomic E-state index is 4.57. The molecule has 23 heavy (non-hydrogen) atoms. The number of hydrogen-bond acceptors (Lipinski definition) is 3. The van der Waals surface area contributed by atoms with Gasteiger partial charge in [-0.2, -0.15) is 0 Å². The van der Waals surface area contributed by atoms with Crippen LogP contribution in [0.5, 0.6) is 0 Å². The molecule has 3 nitrogen and oxygen atoms in total. The number of aryl methyl sites for hydroxylation is 1. The fraction of sp³-hybridized carbons (Fsp3) is 0.0500. The third-order valence-corrected chi connectivity index (χ3v) is 3.21. The molecule has 1 aromatic heterocycles. The second kappa shape index (κ2) is 7.27. The summed E-state index contributed by atoms with van der Waals surface area (Å²) in [5, 5.41) is 0. The van der Waals surface area contributed by atoms with Gasteiger partial charge in [-0.25, -0.2) is 4.98 Å². The SMILES string of the molecule is Cc1cc(C=Nc2ccccc2)nc(C=Nc2ccccc2)c1. The molecule has 112 valence electrons. The Morgan fingerprint density at radius 1 is 0.696 bits per heavy atom. The average Bonchev–Trinajstić information content (AvgIpc) is 2.60. The van der Waals surface area contributed by atoms with Gasteiger partial charge in [0, 0.05) is 0 Å². The lowest BCUT2D eigenvalue weighted by molar-refractivity contribution is 1.24. The van der Waals surface area contributed by atoms with Gasteiger partial charge in [0.25, 0.3) is 0 Å². The first-order chi connectivity index (χ1) is 11.3. The summed E-state index contributed by atoms with van der Waals surface area (Å²) < 4.78 is 0. The van der Waals surface area contributed by atoms with Crippen molar-refractivity contribution in [2.75, 3.05) is 0 Å². The van der Waals surface area contributed by atoms with Crippen molar-refractivity contribution >= 4 is 23.8 Å². The highest BCUT2D eigenvalue weighted by Crippen LogP contribution is 2.12. The number of pyridine rings is 1. The predicted octanol–water partition coefficient (Wildman–Crippen LogP) is 4.89. The molecule has 3 rings (SSSR count). The summed E-state index contributed by atoms with van der Waals surface area (Å²) in [6.45, 7) is 2.04. The summed E-state index contributed by atoms with van der Waals surface area (Å²) in [6.07, 6.45) is 3.56. The lowest BCUT2D eigenvalue weighted by atomic mass is 10.2. The molecule has 3 aromatic rings. The first-order valence-electron chi connectivity index (χ1n) is 7.46. The molecule has 2 aromatic carbocycles. The van der Waals surface area contributed by atoms with E-state index < -0.39 is 0 Å².